The van der Waals surface area contributed by atoms with Gasteiger partial charge in [-0.2, -0.15) is 0 Å². The molecule has 0 fully saturated rings. The molecule has 13 heteroatoms. The van der Waals surface area contributed by atoms with Gasteiger partial charge in [0.2, 0.25) is 0 Å². The van der Waals surface area contributed by atoms with Crippen LogP contribution in [-0.2, 0) is 52.8 Å². The molecule has 0 heterocycles. The van der Waals surface area contributed by atoms with Crippen molar-refractivity contribution in [2.24, 2.45) is 0 Å². The smallest absolute Gasteiger partial charge is 0.391 e. The van der Waals surface area contributed by atoms with Gasteiger partial charge in [0.15, 0.2) is 0 Å². The van der Waals surface area contributed by atoms with Crippen molar-refractivity contribution in [3.8, 4) is 0 Å². The van der Waals surface area contributed by atoms with Crippen molar-refractivity contribution >= 4 is 18.1 Å². The topological polar surface area (TPSA) is 136 Å². The fourth-order valence-electron chi connectivity index (χ4n) is 2.45. The van der Waals surface area contributed by atoms with E-state index in [-0.39, 0.29) is 26.2 Å². The minimum Gasteiger partial charge on any atom is -0.391 e. The van der Waals surface area contributed by atoms with Crippen molar-refractivity contribution in [3.63, 3.8) is 0 Å². The maximum atomic E-state index is 10.5. The van der Waals surface area contributed by atoms with E-state index in [2.05, 4.69) is 0 Å². The standard InChI is InChI=1S/2C12H28O4Si.2C4H10O.Zr/c2*1-10(2,3)14-17(13,15-11(4,5)6)16-12(7,8)9;2*1-4(2,3)5;/h2*13H,1-9H3;2*5H,1-3H3;. The molecule has 0 radical (unpaired) electrons. The van der Waals surface area contributed by atoms with Crippen LogP contribution in [0.4, 0.5) is 0 Å². The predicted octanol–water partition coefficient (Wildman–Crippen LogP) is 7.27. The molecule has 0 bridgehead atoms. The van der Waals surface area contributed by atoms with Gasteiger partial charge in [0.05, 0.1) is 44.8 Å². The van der Waals surface area contributed by atoms with Crippen LogP contribution < -0.4 is 0 Å². The Hall–Kier alpha value is 0.917. The molecule has 0 saturated carbocycles. The molecule has 0 aromatic carbocycles. The summed E-state index contributed by atoms with van der Waals surface area (Å²) in [5.41, 5.74) is -4.10. The molecule has 0 aliphatic rings. The summed E-state index contributed by atoms with van der Waals surface area (Å²) in [7, 11) is -7.31. The average molecular weight is 768 g/mol. The van der Waals surface area contributed by atoms with E-state index >= 15 is 0 Å². The summed E-state index contributed by atoms with van der Waals surface area (Å²) < 4.78 is 33.8. The maximum Gasteiger partial charge on any atom is 0.678 e. The van der Waals surface area contributed by atoms with Crippen LogP contribution in [0.3, 0.4) is 0 Å². The number of hydrogen-bond donors (Lipinski definition) is 4. The molecule has 0 aromatic rings. The molecule has 0 aromatic heterocycles. The van der Waals surface area contributed by atoms with Crippen molar-refractivity contribution in [2.75, 3.05) is 0 Å². The summed E-state index contributed by atoms with van der Waals surface area (Å²) in [4.78, 5) is 21.0. The average Bonchev–Trinajstić information content (AvgIpc) is 2.36. The van der Waals surface area contributed by atoms with Gasteiger partial charge in [0.1, 0.15) is 0 Å². The molecular weight excluding hydrogens is 692 g/mol. The molecule has 0 atom stereocenters. The fourth-order valence-corrected chi connectivity index (χ4v) is 7.34. The summed E-state index contributed by atoms with van der Waals surface area (Å²) in [5.74, 6) is 0. The van der Waals surface area contributed by atoms with Crippen molar-refractivity contribution < 1.29 is 72.6 Å². The summed E-state index contributed by atoms with van der Waals surface area (Å²) in [6.45, 7) is 44.0. The molecule has 10 nitrogen and oxygen atoms in total. The first-order valence-corrected chi connectivity index (χ1v) is 18.7. The van der Waals surface area contributed by atoms with E-state index in [4.69, 9.17) is 36.8 Å². The van der Waals surface area contributed by atoms with Gasteiger partial charge in [-0.15, -0.1) is 0 Å². The third-order valence-corrected chi connectivity index (χ3v) is 7.83. The van der Waals surface area contributed by atoms with E-state index in [1.165, 1.54) is 0 Å². The molecular formula is C32H76O10Si2Zr. The Morgan fingerprint density at radius 2 is 0.356 bits per heavy atom. The van der Waals surface area contributed by atoms with Crippen LogP contribution in [0.25, 0.3) is 0 Å². The first kappa shape index (κ1) is 55.3. The van der Waals surface area contributed by atoms with Gasteiger partial charge < -0.3 is 46.4 Å². The van der Waals surface area contributed by atoms with E-state index in [0.29, 0.717) is 0 Å². The summed E-state index contributed by atoms with van der Waals surface area (Å²) in [6, 6.07) is 0. The SMILES string of the molecule is CC(C)(C)O.CC(C)(C)O.CC(C)(C)O[Si](O)(OC(C)(C)C)OC(C)(C)C.CC(C)(C)O[Si](O)(OC(C)(C)C)OC(C)(C)C.[Zr]. The van der Waals surface area contributed by atoms with Crippen molar-refractivity contribution in [1.82, 2.24) is 0 Å². The van der Waals surface area contributed by atoms with Crippen LogP contribution >= 0.6 is 0 Å². The zero-order valence-corrected chi connectivity index (χ0v) is 38.2. The van der Waals surface area contributed by atoms with Gasteiger partial charge in [-0.25, -0.2) is 0 Å². The van der Waals surface area contributed by atoms with Gasteiger partial charge in [-0.05, 0) is 166 Å². The minimum absolute atomic E-state index is 0. The molecule has 4 N–H and O–H groups in total. The Labute approximate surface area is 300 Å². The van der Waals surface area contributed by atoms with Gasteiger partial charge in [-0.1, -0.05) is 0 Å². The second kappa shape index (κ2) is 19.3. The Bertz CT molecular complexity index is 610. The van der Waals surface area contributed by atoms with Crippen LogP contribution in [-0.4, -0.2) is 82.7 Å². The quantitative estimate of drug-likeness (QED) is 0.204. The van der Waals surface area contributed by atoms with E-state index in [9.17, 15) is 9.59 Å². The largest absolute Gasteiger partial charge is 0.678 e. The van der Waals surface area contributed by atoms with Gasteiger partial charge in [0, 0.05) is 26.2 Å². The van der Waals surface area contributed by atoms with Gasteiger partial charge in [-0.3, -0.25) is 0 Å². The van der Waals surface area contributed by atoms with Crippen LogP contribution in [0.2, 0.25) is 0 Å². The van der Waals surface area contributed by atoms with E-state index in [1.54, 1.807) is 41.5 Å². The molecule has 0 rings (SSSR count). The summed E-state index contributed by atoms with van der Waals surface area (Å²) in [5, 5.41) is 17.0. The number of hydrogen-bond acceptors (Lipinski definition) is 10. The normalized spacial score (nSPS) is 14.1. The third-order valence-electron chi connectivity index (χ3n) is 2.61. The number of rotatable bonds is 6. The molecule has 0 aliphatic carbocycles. The van der Waals surface area contributed by atoms with Crippen LogP contribution in [0.5, 0.6) is 0 Å². The van der Waals surface area contributed by atoms with Gasteiger partial charge >= 0.3 is 18.1 Å². The Morgan fingerprint density at radius 3 is 0.400 bits per heavy atom. The Morgan fingerprint density at radius 1 is 0.289 bits per heavy atom. The zero-order chi connectivity index (χ0) is 37.2. The molecule has 0 unspecified atom stereocenters. The third kappa shape index (κ3) is 60.7. The zero-order valence-electron chi connectivity index (χ0n) is 33.7. The molecule has 0 aliphatic heterocycles. The van der Waals surface area contributed by atoms with E-state index < -0.39 is 62.9 Å². The predicted molar refractivity (Wildman–Crippen MR) is 185 cm³/mol. The summed E-state index contributed by atoms with van der Waals surface area (Å²) in [6.07, 6.45) is 0. The van der Waals surface area contributed by atoms with Crippen LogP contribution in [0.15, 0.2) is 0 Å². The molecule has 0 spiro atoms. The molecule has 0 amide bonds. The number of aliphatic hydroxyl groups is 2. The van der Waals surface area contributed by atoms with Crippen molar-refractivity contribution in [3.05, 3.63) is 0 Å². The first-order valence-electron chi connectivity index (χ1n) is 15.3. The first-order chi connectivity index (χ1) is 18.2. The molecule has 0 saturated heterocycles. The fraction of sp³-hybridized carbons (Fsp3) is 1.00. The summed E-state index contributed by atoms with van der Waals surface area (Å²) >= 11 is 0. The van der Waals surface area contributed by atoms with Crippen molar-refractivity contribution in [2.45, 2.75) is 211 Å². The van der Waals surface area contributed by atoms with E-state index in [0.717, 1.165) is 0 Å². The maximum absolute atomic E-state index is 10.5. The van der Waals surface area contributed by atoms with Crippen LogP contribution in [0.1, 0.15) is 166 Å². The van der Waals surface area contributed by atoms with Gasteiger partial charge in [0.25, 0.3) is 0 Å². The molecule has 276 valence electrons. The monoisotopic (exact) mass is 766 g/mol. The van der Waals surface area contributed by atoms with Crippen molar-refractivity contribution in [1.29, 1.82) is 0 Å². The Balaban J connectivity index is -0.000000179. The van der Waals surface area contributed by atoms with E-state index in [1.807, 2.05) is 125 Å². The molecule has 45 heavy (non-hydrogen) atoms. The second-order valence-electron chi connectivity index (χ2n) is 18.7. The minimum atomic E-state index is -3.66. The van der Waals surface area contributed by atoms with Crippen LogP contribution in [0, 0.1) is 0 Å². The second-order valence-corrected chi connectivity index (χ2v) is 22.0. The Kier molecular flexibility index (Phi) is 23.8.